The maximum absolute atomic E-state index is 10.5. The molecular weight excluding hydrogens is 220 g/mol. The van der Waals surface area contributed by atoms with E-state index in [4.69, 9.17) is 32.2 Å². The van der Waals surface area contributed by atoms with Gasteiger partial charge in [-0.25, -0.2) is 0 Å². The van der Waals surface area contributed by atoms with Crippen LogP contribution in [0.3, 0.4) is 0 Å². The summed E-state index contributed by atoms with van der Waals surface area (Å²) in [5.74, 6) is -1.21. The average Bonchev–Trinajstić information content (AvgIpc) is 1.97. The van der Waals surface area contributed by atoms with Crippen molar-refractivity contribution in [3.05, 3.63) is 0 Å². The van der Waals surface area contributed by atoms with Crippen LogP contribution in [0.2, 0.25) is 0 Å². The average molecular weight is 232 g/mol. The minimum absolute atomic E-state index is 0.0609. The number of nitrogens with two attached hydrogens (primary N) is 1. The molecule has 0 aliphatic heterocycles. The van der Waals surface area contributed by atoms with Gasteiger partial charge in [0.1, 0.15) is 11.2 Å². The van der Waals surface area contributed by atoms with Crippen molar-refractivity contribution in [1.29, 1.82) is 0 Å². The van der Waals surface area contributed by atoms with Crippen LogP contribution < -0.4 is 5.73 Å². The summed E-state index contributed by atoms with van der Waals surface area (Å²) >= 11 is 5.29. The van der Waals surface area contributed by atoms with Gasteiger partial charge in [0.2, 0.25) is 0 Å². The van der Waals surface area contributed by atoms with Crippen LogP contribution in [0.5, 0.6) is 0 Å². The first-order chi connectivity index (χ1) is 5.75. The van der Waals surface area contributed by atoms with Crippen LogP contribution in [-0.4, -0.2) is 32.0 Å². The lowest BCUT2D eigenvalue weighted by atomic mass is 10.2. The molecule has 0 aromatic heterocycles. The quantitative estimate of drug-likeness (QED) is 0.388. The molecule has 0 fully saturated rings. The molecule has 0 bridgehead atoms. The van der Waals surface area contributed by atoms with Crippen molar-refractivity contribution >= 4 is 25.2 Å². The van der Waals surface area contributed by atoms with Crippen LogP contribution in [0, 0.1) is 0 Å². The molecule has 2 atom stereocenters. The van der Waals surface area contributed by atoms with Crippen molar-refractivity contribution in [1.82, 2.24) is 0 Å². The van der Waals surface area contributed by atoms with E-state index in [9.17, 15) is 9.36 Å². The van der Waals surface area contributed by atoms with Gasteiger partial charge in [0.05, 0.1) is 0 Å². The first-order valence-electron chi connectivity index (χ1n) is 3.43. The van der Waals surface area contributed by atoms with Gasteiger partial charge in [-0.2, -0.15) is 0 Å². The number of carboxylic acids is 1. The van der Waals surface area contributed by atoms with Crippen molar-refractivity contribution < 1.29 is 24.3 Å². The first kappa shape index (κ1) is 12.9. The molecule has 0 aliphatic rings. The minimum atomic E-state index is -4.33. The molecule has 5 N–H and O–H groups in total. The molecule has 0 aliphatic carbocycles. The van der Waals surface area contributed by atoms with Gasteiger partial charge in [-0.15, -0.1) is 11.6 Å². The Hall–Kier alpha value is -0.130. The van der Waals surface area contributed by atoms with Gasteiger partial charge in [0.25, 0.3) is 0 Å². The number of halogens is 1. The molecule has 0 radical (unpaired) electrons. The van der Waals surface area contributed by atoms with Gasteiger partial charge in [-0.3, -0.25) is 9.36 Å². The van der Waals surface area contributed by atoms with Crippen molar-refractivity contribution in [2.24, 2.45) is 5.73 Å². The number of aliphatic carboxylic acids is 1. The Balaban J connectivity index is 3.91. The highest BCUT2D eigenvalue weighted by Gasteiger charge is 2.27. The summed E-state index contributed by atoms with van der Waals surface area (Å²) in [7, 11) is -4.33. The molecule has 78 valence electrons. The highest BCUT2D eigenvalue weighted by atomic mass is 35.5. The van der Waals surface area contributed by atoms with Crippen LogP contribution in [0.4, 0.5) is 0 Å². The van der Waals surface area contributed by atoms with Crippen LogP contribution >= 0.6 is 19.2 Å². The van der Waals surface area contributed by atoms with Crippen LogP contribution in [0.15, 0.2) is 0 Å². The Morgan fingerprint density at radius 3 is 2.23 bits per heavy atom. The fourth-order valence-corrected chi connectivity index (χ4v) is 1.22. The van der Waals surface area contributed by atoms with Gasteiger partial charge >= 0.3 is 13.6 Å². The first-order valence-corrected chi connectivity index (χ1v) is 5.54. The molecule has 13 heavy (non-hydrogen) atoms. The van der Waals surface area contributed by atoms with E-state index in [0.717, 1.165) is 0 Å². The van der Waals surface area contributed by atoms with E-state index in [0.29, 0.717) is 0 Å². The number of rotatable bonds is 5. The number of carbonyl (C=O) groups is 1. The standard InChI is InChI=1S/C5H11ClNO5P/c6-4(13(10,11)12)2-1-3(7)5(8)9/h3-4H,1-2,7H2,(H,8,9)(H2,10,11,12). The maximum Gasteiger partial charge on any atom is 0.343 e. The number of carboxylic acid groups (broad SMARTS) is 1. The second-order valence-corrected chi connectivity index (χ2v) is 5.18. The van der Waals surface area contributed by atoms with Crippen LogP contribution in [0.25, 0.3) is 0 Å². The lowest BCUT2D eigenvalue weighted by molar-refractivity contribution is -0.138. The Kier molecular flexibility index (Phi) is 4.88. The summed E-state index contributed by atoms with van der Waals surface area (Å²) in [5.41, 5.74) is 5.10. The molecule has 0 aromatic carbocycles. The monoisotopic (exact) mass is 231 g/mol. The molecule has 0 saturated carbocycles. The zero-order valence-electron chi connectivity index (χ0n) is 6.63. The summed E-state index contributed by atoms with van der Waals surface area (Å²) in [4.78, 5) is 27.3. The van der Waals surface area contributed by atoms with E-state index < -0.39 is 24.7 Å². The Morgan fingerprint density at radius 2 is 1.92 bits per heavy atom. The second kappa shape index (κ2) is 4.93. The van der Waals surface area contributed by atoms with Gasteiger partial charge in [-0.1, -0.05) is 0 Å². The molecule has 8 heteroatoms. The molecule has 0 rings (SSSR count). The molecule has 6 nitrogen and oxygen atoms in total. The van der Waals surface area contributed by atoms with Crippen molar-refractivity contribution in [3.8, 4) is 0 Å². The van der Waals surface area contributed by atoms with E-state index >= 15 is 0 Å². The number of alkyl halides is 1. The largest absolute Gasteiger partial charge is 0.480 e. The van der Waals surface area contributed by atoms with E-state index in [2.05, 4.69) is 0 Å². The summed E-state index contributed by atoms with van der Waals surface area (Å²) in [6.45, 7) is 0. The molecular formula is C5H11ClNO5P. The van der Waals surface area contributed by atoms with E-state index in [1.165, 1.54) is 0 Å². The lowest BCUT2D eigenvalue weighted by Crippen LogP contribution is -2.30. The fraction of sp³-hybridized carbons (Fsp3) is 0.800. The third-order valence-electron chi connectivity index (χ3n) is 1.40. The molecule has 0 aromatic rings. The van der Waals surface area contributed by atoms with E-state index in [1.54, 1.807) is 0 Å². The summed E-state index contributed by atoms with van der Waals surface area (Å²) < 4.78 is 10.5. The van der Waals surface area contributed by atoms with Crippen molar-refractivity contribution in [2.75, 3.05) is 0 Å². The molecule has 0 spiro atoms. The predicted molar refractivity (Wildman–Crippen MR) is 46.5 cm³/mol. The Morgan fingerprint density at radius 1 is 1.46 bits per heavy atom. The number of hydrogen-bond donors (Lipinski definition) is 4. The molecule has 0 amide bonds. The Labute approximate surface area is 79.8 Å². The van der Waals surface area contributed by atoms with E-state index in [-0.39, 0.29) is 12.8 Å². The molecule has 0 saturated heterocycles. The lowest BCUT2D eigenvalue weighted by Gasteiger charge is -2.12. The summed E-state index contributed by atoms with van der Waals surface area (Å²) in [6.07, 6.45) is -0.187. The van der Waals surface area contributed by atoms with E-state index in [1.807, 2.05) is 0 Å². The van der Waals surface area contributed by atoms with Crippen molar-refractivity contribution in [2.45, 2.75) is 24.0 Å². The smallest absolute Gasteiger partial charge is 0.343 e. The van der Waals surface area contributed by atoms with Crippen LogP contribution in [0.1, 0.15) is 12.8 Å². The van der Waals surface area contributed by atoms with Gasteiger partial charge in [0, 0.05) is 0 Å². The maximum atomic E-state index is 10.5. The fourth-order valence-electron chi connectivity index (χ4n) is 0.609. The third-order valence-corrected chi connectivity index (χ3v) is 3.37. The normalized spacial score (nSPS) is 16.6. The number of hydrogen-bond acceptors (Lipinski definition) is 3. The third kappa shape index (κ3) is 5.23. The topological polar surface area (TPSA) is 121 Å². The second-order valence-electron chi connectivity index (χ2n) is 2.55. The predicted octanol–water partition coefficient (Wildman–Crippen LogP) is -0.0789. The zero-order chi connectivity index (χ0) is 10.6. The van der Waals surface area contributed by atoms with Gasteiger partial charge in [0.15, 0.2) is 0 Å². The summed E-state index contributed by atoms with van der Waals surface area (Å²) in [6, 6.07) is -1.13. The Bertz CT molecular complexity index is 229. The van der Waals surface area contributed by atoms with Crippen LogP contribution in [-0.2, 0) is 9.36 Å². The zero-order valence-corrected chi connectivity index (χ0v) is 8.28. The highest BCUT2D eigenvalue weighted by Crippen LogP contribution is 2.45. The molecule has 2 unspecified atom stereocenters. The van der Waals surface area contributed by atoms with Crippen molar-refractivity contribution in [3.63, 3.8) is 0 Å². The molecule has 0 heterocycles. The minimum Gasteiger partial charge on any atom is -0.480 e. The summed E-state index contributed by atoms with van der Waals surface area (Å²) in [5, 5.41) is 6.97. The highest BCUT2D eigenvalue weighted by molar-refractivity contribution is 7.54. The SMILES string of the molecule is NC(CCC(Cl)P(=O)(O)O)C(=O)O. The van der Waals surface area contributed by atoms with Gasteiger partial charge in [-0.05, 0) is 12.8 Å². The van der Waals surface area contributed by atoms with Gasteiger partial charge < -0.3 is 20.6 Å².